The second kappa shape index (κ2) is 5.21. The minimum Gasteiger partial charge on any atom is -0.481 e. The molecule has 0 aliphatic carbocycles. The third kappa shape index (κ3) is 2.49. The zero-order valence-corrected chi connectivity index (χ0v) is 11.2. The maximum atomic E-state index is 10.9. The van der Waals surface area contributed by atoms with Crippen LogP contribution in [0.5, 0.6) is 0 Å². The number of hydrogen-bond donors (Lipinski definition) is 1. The number of hydrogen-bond acceptors (Lipinski definition) is 5. The Hall–Kier alpha value is -2.18. The minimum atomic E-state index is -0.823. The van der Waals surface area contributed by atoms with Crippen LogP contribution in [0, 0.1) is 5.92 Å². The monoisotopic (exact) mass is 263 g/mol. The standard InChI is InChI=1S/C12H17N5O2/c1-4-17-7-15-9-10(13-6-14-11(9)17)16(3)5-8(2)12(18)19/h6-8H,4-5H2,1-3H3,(H,18,19). The summed E-state index contributed by atoms with van der Waals surface area (Å²) >= 11 is 0. The van der Waals surface area contributed by atoms with E-state index >= 15 is 0 Å². The molecular formula is C12H17N5O2. The lowest BCUT2D eigenvalue weighted by Crippen LogP contribution is -2.29. The molecule has 0 radical (unpaired) electrons. The van der Waals surface area contributed by atoms with E-state index in [4.69, 9.17) is 5.11 Å². The topological polar surface area (TPSA) is 84.1 Å². The fourth-order valence-corrected chi connectivity index (χ4v) is 1.95. The molecule has 0 aromatic carbocycles. The van der Waals surface area contributed by atoms with Gasteiger partial charge in [-0.15, -0.1) is 0 Å². The average molecular weight is 263 g/mol. The average Bonchev–Trinajstić information content (AvgIpc) is 2.81. The van der Waals surface area contributed by atoms with Crippen LogP contribution in [0.15, 0.2) is 12.7 Å². The fraction of sp³-hybridized carbons (Fsp3) is 0.500. The number of nitrogens with zero attached hydrogens (tertiary/aromatic N) is 5. The Morgan fingerprint density at radius 2 is 2.21 bits per heavy atom. The SMILES string of the molecule is CCn1cnc2c(N(C)CC(C)C(=O)O)ncnc21. The Bertz CT molecular complexity index is 595. The van der Waals surface area contributed by atoms with Gasteiger partial charge in [0.15, 0.2) is 17.0 Å². The summed E-state index contributed by atoms with van der Waals surface area (Å²) in [4.78, 5) is 25.4. The number of aromatic nitrogens is 4. The lowest BCUT2D eigenvalue weighted by Gasteiger charge is -2.20. The Balaban J connectivity index is 2.34. The van der Waals surface area contributed by atoms with Crippen molar-refractivity contribution in [2.75, 3.05) is 18.5 Å². The Kier molecular flexibility index (Phi) is 3.64. The zero-order chi connectivity index (χ0) is 14.0. The maximum Gasteiger partial charge on any atom is 0.308 e. The highest BCUT2D eigenvalue weighted by Crippen LogP contribution is 2.21. The van der Waals surface area contributed by atoms with E-state index in [1.807, 2.05) is 18.5 Å². The van der Waals surface area contributed by atoms with Crippen molar-refractivity contribution in [2.45, 2.75) is 20.4 Å². The molecule has 0 fully saturated rings. The molecule has 1 N–H and O–H groups in total. The van der Waals surface area contributed by atoms with Crippen LogP contribution in [0.1, 0.15) is 13.8 Å². The summed E-state index contributed by atoms with van der Waals surface area (Å²) in [5, 5.41) is 8.95. The van der Waals surface area contributed by atoms with E-state index < -0.39 is 11.9 Å². The van der Waals surface area contributed by atoms with Crippen LogP contribution >= 0.6 is 0 Å². The molecule has 1 atom stereocenters. The van der Waals surface area contributed by atoms with Gasteiger partial charge >= 0.3 is 5.97 Å². The van der Waals surface area contributed by atoms with Crippen molar-refractivity contribution in [1.29, 1.82) is 0 Å². The van der Waals surface area contributed by atoms with Crippen molar-refractivity contribution in [3.63, 3.8) is 0 Å². The van der Waals surface area contributed by atoms with Crippen LogP contribution in [0.2, 0.25) is 0 Å². The van der Waals surface area contributed by atoms with Crippen molar-refractivity contribution in [1.82, 2.24) is 19.5 Å². The number of carboxylic acids is 1. The molecule has 2 aromatic heterocycles. The molecule has 0 spiro atoms. The first-order chi connectivity index (χ1) is 9.04. The third-order valence-electron chi connectivity index (χ3n) is 3.05. The van der Waals surface area contributed by atoms with Gasteiger partial charge in [0.25, 0.3) is 0 Å². The molecule has 0 saturated heterocycles. The fourth-order valence-electron chi connectivity index (χ4n) is 1.95. The molecule has 0 aliphatic rings. The van der Waals surface area contributed by atoms with Crippen LogP contribution in [0.3, 0.4) is 0 Å². The van der Waals surface area contributed by atoms with Crippen LogP contribution in [-0.2, 0) is 11.3 Å². The summed E-state index contributed by atoms with van der Waals surface area (Å²) in [5.41, 5.74) is 1.46. The molecule has 19 heavy (non-hydrogen) atoms. The minimum absolute atomic E-state index is 0.375. The lowest BCUT2D eigenvalue weighted by atomic mass is 10.2. The van der Waals surface area contributed by atoms with Gasteiger partial charge < -0.3 is 14.6 Å². The van der Waals surface area contributed by atoms with Crippen molar-refractivity contribution in [3.8, 4) is 0 Å². The smallest absolute Gasteiger partial charge is 0.308 e. The normalized spacial score (nSPS) is 12.6. The number of carbonyl (C=O) groups is 1. The zero-order valence-electron chi connectivity index (χ0n) is 11.2. The van der Waals surface area contributed by atoms with Crippen molar-refractivity contribution < 1.29 is 9.90 Å². The van der Waals surface area contributed by atoms with Crippen molar-refractivity contribution >= 4 is 23.0 Å². The molecule has 2 heterocycles. The first-order valence-electron chi connectivity index (χ1n) is 6.14. The highest BCUT2D eigenvalue weighted by atomic mass is 16.4. The van der Waals surface area contributed by atoms with Crippen molar-refractivity contribution in [2.24, 2.45) is 5.92 Å². The van der Waals surface area contributed by atoms with Crippen LogP contribution < -0.4 is 4.90 Å². The van der Waals surface area contributed by atoms with Crippen LogP contribution in [0.4, 0.5) is 5.82 Å². The van der Waals surface area contributed by atoms with E-state index in [0.717, 1.165) is 12.2 Å². The highest BCUT2D eigenvalue weighted by Gasteiger charge is 2.18. The first kappa shape index (κ1) is 13.3. The summed E-state index contributed by atoms with van der Waals surface area (Å²) in [6, 6.07) is 0. The molecule has 1 unspecified atom stereocenters. The molecule has 7 nitrogen and oxygen atoms in total. The van der Waals surface area contributed by atoms with Gasteiger partial charge in [-0.1, -0.05) is 6.92 Å². The second-order valence-corrected chi connectivity index (χ2v) is 4.52. The maximum absolute atomic E-state index is 10.9. The van der Waals surface area contributed by atoms with Crippen LogP contribution in [0.25, 0.3) is 11.2 Å². The number of anilines is 1. The first-order valence-corrected chi connectivity index (χ1v) is 6.14. The predicted molar refractivity (Wildman–Crippen MR) is 71.1 cm³/mol. The molecule has 0 bridgehead atoms. The van der Waals surface area contributed by atoms with Gasteiger partial charge in [0.2, 0.25) is 0 Å². The quantitative estimate of drug-likeness (QED) is 0.866. The van der Waals surface area contributed by atoms with Gasteiger partial charge in [0.1, 0.15) is 6.33 Å². The number of carboxylic acid groups (broad SMARTS) is 1. The van der Waals surface area contributed by atoms with Gasteiger partial charge in [0.05, 0.1) is 12.2 Å². The van der Waals surface area contributed by atoms with E-state index in [2.05, 4.69) is 15.0 Å². The van der Waals surface area contributed by atoms with Gasteiger partial charge in [0, 0.05) is 20.1 Å². The van der Waals surface area contributed by atoms with E-state index in [1.165, 1.54) is 6.33 Å². The largest absolute Gasteiger partial charge is 0.481 e. The van der Waals surface area contributed by atoms with Crippen LogP contribution in [-0.4, -0.2) is 44.2 Å². The molecule has 0 amide bonds. The lowest BCUT2D eigenvalue weighted by molar-refractivity contribution is -0.140. The van der Waals surface area contributed by atoms with Gasteiger partial charge in [-0.3, -0.25) is 4.79 Å². The highest BCUT2D eigenvalue weighted by molar-refractivity contribution is 5.83. The third-order valence-corrected chi connectivity index (χ3v) is 3.05. The molecule has 102 valence electrons. The Morgan fingerprint density at radius 3 is 2.84 bits per heavy atom. The van der Waals surface area contributed by atoms with E-state index in [9.17, 15) is 4.79 Å². The number of aryl methyl sites for hydroxylation is 1. The molecular weight excluding hydrogens is 246 g/mol. The summed E-state index contributed by atoms with van der Waals surface area (Å²) < 4.78 is 1.93. The molecule has 7 heteroatoms. The molecule has 2 rings (SSSR count). The predicted octanol–water partition coefficient (Wildman–Crippen LogP) is 1.00. The van der Waals surface area contributed by atoms with E-state index in [1.54, 1.807) is 18.2 Å². The number of fused-ring (bicyclic) bond motifs is 1. The summed E-state index contributed by atoms with van der Waals surface area (Å²) in [6.45, 7) is 4.84. The van der Waals surface area contributed by atoms with Crippen molar-refractivity contribution in [3.05, 3.63) is 12.7 Å². The Morgan fingerprint density at radius 1 is 1.47 bits per heavy atom. The van der Waals surface area contributed by atoms with Gasteiger partial charge in [-0.05, 0) is 6.92 Å². The number of aliphatic carboxylic acids is 1. The molecule has 0 saturated carbocycles. The second-order valence-electron chi connectivity index (χ2n) is 4.52. The summed E-state index contributed by atoms with van der Waals surface area (Å²) in [7, 11) is 1.81. The number of imidazole rings is 1. The van der Waals surface area contributed by atoms with E-state index in [0.29, 0.717) is 17.9 Å². The summed E-state index contributed by atoms with van der Waals surface area (Å²) in [6.07, 6.45) is 3.20. The Labute approximate surface area is 110 Å². The van der Waals surface area contributed by atoms with E-state index in [-0.39, 0.29) is 0 Å². The number of rotatable bonds is 5. The summed E-state index contributed by atoms with van der Waals surface area (Å²) in [5.74, 6) is -0.634. The van der Waals surface area contributed by atoms with Gasteiger partial charge in [-0.25, -0.2) is 15.0 Å². The molecule has 2 aromatic rings. The van der Waals surface area contributed by atoms with Gasteiger partial charge in [-0.2, -0.15) is 0 Å². The molecule has 0 aliphatic heterocycles.